The van der Waals surface area contributed by atoms with Crippen LogP contribution in [-0.4, -0.2) is 34.8 Å². The smallest absolute Gasteiger partial charge is 0.310 e. The van der Waals surface area contributed by atoms with Crippen molar-refractivity contribution in [1.82, 2.24) is 15.5 Å². The lowest BCUT2D eigenvalue weighted by Crippen LogP contribution is -2.41. The van der Waals surface area contributed by atoms with Crippen molar-refractivity contribution < 1.29 is 18.4 Å². The highest BCUT2D eigenvalue weighted by Crippen LogP contribution is 2.29. The van der Waals surface area contributed by atoms with Crippen LogP contribution < -0.4 is 5.32 Å². The molecule has 2 unspecified atom stereocenters. The van der Waals surface area contributed by atoms with Gasteiger partial charge in [-0.15, -0.1) is 0 Å². The molecule has 1 saturated heterocycles. The molecule has 1 aliphatic heterocycles. The predicted molar refractivity (Wildman–Crippen MR) is 89.3 cm³/mol. The van der Waals surface area contributed by atoms with Gasteiger partial charge in [0.05, 0.1) is 17.4 Å². The first-order valence-electron chi connectivity index (χ1n) is 8.35. The standard InChI is InChI=1S/C18H22FN3O3/c1-18(2,3)24-17(23)12-8-11(9-20-10-12)16-21-15(22-25-16)13-6-4-5-7-14(13)19/h4-7,11-12,20H,8-10H2,1-3H3. The number of esters is 1. The van der Waals surface area contributed by atoms with Crippen molar-refractivity contribution in [1.29, 1.82) is 0 Å². The maximum atomic E-state index is 13.9. The van der Waals surface area contributed by atoms with Crippen molar-refractivity contribution in [3.05, 3.63) is 36.0 Å². The lowest BCUT2D eigenvalue weighted by atomic mass is 9.90. The van der Waals surface area contributed by atoms with Crippen LogP contribution in [0.2, 0.25) is 0 Å². The normalized spacial score (nSPS) is 21.1. The molecular weight excluding hydrogens is 325 g/mol. The summed E-state index contributed by atoms with van der Waals surface area (Å²) in [6.45, 7) is 6.71. The Kier molecular flexibility index (Phi) is 4.85. The Morgan fingerprint density at radius 2 is 2.08 bits per heavy atom. The highest BCUT2D eigenvalue weighted by molar-refractivity contribution is 5.73. The van der Waals surface area contributed by atoms with Crippen molar-refractivity contribution in [2.45, 2.75) is 38.7 Å². The molecule has 1 aromatic heterocycles. The Hall–Kier alpha value is -2.28. The van der Waals surface area contributed by atoms with E-state index < -0.39 is 11.4 Å². The third-order valence-corrected chi connectivity index (χ3v) is 4.00. The van der Waals surface area contributed by atoms with Gasteiger partial charge in [-0.05, 0) is 39.3 Å². The van der Waals surface area contributed by atoms with Crippen molar-refractivity contribution in [2.75, 3.05) is 13.1 Å². The van der Waals surface area contributed by atoms with E-state index in [0.29, 0.717) is 31.0 Å². The van der Waals surface area contributed by atoms with Crippen LogP contribution in [0.15, 0.2) is 28.8 Å². The number of aromatic nitrogens is 2. The second kappa shape index (κ2) is 6.92. The second-order valence-corrected chi connectivity index (χ2v) is 7.26. The summed E-state index contributed by atoms with van der Waals surface area (Å²) in [6, 6.07) is 6.28. The molecule has 1 aliphatic rings. The lowest BCUT2D eigenvalue weighted by Gasteiger charge is -2.29. The molecule has 0 bridgehead atoms. The van der Waals surface area contributed by atoms with Gasteiger partial charge in [0.2, 0.25) is 11.7 Å². The van der Waals surface area contributed by atoms with E-state index in [2.05, 4.69) is 15.5 Å². The third kappa shape index (κ3) is 4.22. The number of carbonyl (C=O) groups excluding carboxylic acids is 1. The van der Waals surface area contributed by atoms with Crippen LogP contribution in [-0.2, 0) is 9.53 Å². The minimum atomic E-state index is -0.521. The van der Waals surface area contributed by atoms with E-state index in [1.54, 1.807) is 18.2 Å². The number of rotatable bonds is 3. The lowest BCUT2D eigenvalue weighted by molar-refractivity contribution is -0.160. The van der Waals surface area contributed by atoms with Crippen LogP contribution in [0.4, 0.5) is 4.39 Å². The van der Waals surface area contributed by atoms with E-state index in [9.17, 15) is 9.18 Å². The predicted octanol–water partition coefficient (Wildman–Crippen LogP) is 2.91. The first-order valence-corrected chi connectivity index (χ1v) is 8.35. The molecule has 6 nitrogen and oxygen atoms in total. The van der Waals surface area contributed by atoms with Gasteiger partial charge in [-0.1, -0.05) is 17.3 Å². The van der Waals surface area contributed by atoms with Crippen LogP contribution >= 0.6 is 0 Å². The first-order chi connectivity index (χ1) is 11.8. The van der Waals surface area contributed by atoms with Crippen molar-refractivity contribution >= 4 is 5.97 Å². The monoisotopic (exact) mass is 347 g/mol. The van der Waals surface area contributed by atoms with Crippen LogP contribution in [0.25, 0.3) is 11.4 Å². The van der Waals surface area contributed by atoms with E-state index >= 15 is 0 Å². The summed E-state index contributed by atoms with van der Waals surface area (Å²) in [7, 11) is 0. The fraction of sp³-hybridized carbons (Fsp3) is 0.500. The molecule has 1 aromatic carbocycles. The summed E-state index contributed by atoms with van der Waals surface area (Å²) in [5, 5.41) is 7.09. The van der Waals surface area contributed by atoms with E-state index in [1.165, 1.54) is 6.07 Å². The van der Waals surface area contributed by atoms with Crippen LogP contribution in [0.5, 0.6) is 0 Å². The van der Waals surface area contributed by atoms with Gasteiger partial charge < -0.3 is 14.6 Å². The van der Waals surface area contributed by atoms with Gasteiger partial charge in [-0.2, -0.15) is 4.98 Å². The second-order valence-electron chi connectivity index (χ2n) is 7.26. The Morgan fingerprint density at radius 3 is 2.80 bits per heavy atom. The average molecular weight is 347 g/mol. The highest BCUT2D eigenvalue weighted by atomic mass is 19.1. The molecule has 134 valence electrons. The van der Waals surface area contributed by atoms with Gasteiger partial charge in [0, 0.05) is 13.1 Å². The zero-order chi connectivity index (χ0) is 18.0. The van der Waals surface area contributed by atoms with E-state index in [1.807, 2.05) is 20.8 Å². The number of piperidine rings is 1. The largest absolute Gasteiger partial charge is 0.460 e. The summed E-state index contributed by atoms with van der Waals surface area (Å²) in [4.78, 5) is 16.6. The molecule has 0 spiro atoms. The summed E-state index contributed by atoms with van der Waals surface area (Å²) in [6.07, 6.45) is 0.556. The fourth-order valence-corrected chi connectivity index (χ4v) is 2.85. The average Bonchev–Trinajstić information content (AvgIpc) is 3.03. The third-order valence-electron chi connectivity index (χ3n) is 4.00. The number of halogens is 1. The molecule has 2 heterocycles. The topological polar surface area (TPSA) is 77.2 Å². The van der Waals surface area contributed by atoms with E-state index in [-0.39, 0.29) is 23.6 Å². The highest BCUT2D eigenvalue weighted by Gasteiger charge is 2.33. The Morgan fingerprint density at radius 1 is 1.32 bits per heavy atom. The van der Waals surface area contributed by atoms with Gasteiger partial charge in [0.25, 0.3) is 0 Å². The quantitative estimate of drug-likeness (QED) is 0.860. The number of nitrogens with one attached hydrogen (secondary N) is 1. The van der Waals surface area contributed by atoms with Crippen molar-refractivity contribution in [3.8, 4) is 11.4 Å². The van der Waals surface area contributed by atoms with Gasteiger partial charge in [-0.3, -0.25) is 4.79 Å². The molecule has 3 rings (SSSR count). The van der Waals surface area contributed by atoms with Crippen molar-refractivity contribution in [2.24, 2.45) is 5.92 Å². The zero-order valence-corrected chi connectivity index (χ0v) is 14.6. The number of hydrogen-bond donors (Lipinski definition) is 1. The first kappa shape index (κ1) is 17.5. The van der Waals surface area contributed by atoms with Crippen LogP contribution in [0.1, 0.15) is 39.0 Å². The molecule has 0 aliphatic carbocycles. The van der Waals surface area contributed by atoms with Gasteiger partial charge >= 0.3 is 5.97 Å². The van der Waals surface area contributed by atoms with E-state index in [4.69, 9.17) is 9.26 Å². The SMILES string of the molecule is CC(C)(C)OC(=O)C1CNCC(c2nc(-c3ccccc3F)no2)C1. The molecule has 1 fully saturated rings. The number of nitrogens with zero attached hydrogens (tertiary/aromatic N) is 2. The molecule has 0 radical (unpaired) electrons. The molecule has 0 saturated carbocycles. The molecule has 25 heavy (non-hydrogen) atoms. The molecule has 1 N–H and O–H groups in total. The minimum Gasteiger partial charge on any atom is -0.460 e. The Balaban J connectivity index is 1.72. The number of carbonyl (C=O) groups is 1. The maximum absolute atomic E-state index is 13.9. The molecular formula is C18H22FN3O3. The van der Waals surface area contributed by atoms with Crippen LogP contribution in [0, 0.1) is 11.7 Å². The van der Waals surface area contributed by atoms with Gasteiger partial charge in [0.1, 0.15) is 11.4 Å². The molecule has 2 atom stereocenters. The van der Waals surface area contributed by atoms with E-state index in [0.717, 1.165) is 0 Å². The van der Waals surface area contributed by atoms with Crippen molar-refractivity contribution in [3.63, 3.8) is 0 Å². The minimum absolute atomic E-state index is 0.112. The number of ether oxygens (including phenoxy) is 1. The molecule has 0 amide bonds. The summed E-state index contributed by atoms with van der Waals surface area (Å²) < 4.78 is 24.6. The fourth-order valence-electron chi connectivity index (χ4n) is 2.85. The zero-order valence-electron chi connectivity index (χ0n) is 14.6. The summed E-state index contributed by atoms with van der Waals surface area (Å²) in [5.41, 5.74) is -0.225. The number of benzene rings is 1. The van der Waals surface area contributed by atoms with Crippen LogP contribution in [0.3, 0.4) is 0 Å². The maximum Gasteiger partial charge on any atom is 0.310 e. The van der Waals surface area contributed by atoms with Gasteiger partial charge in [-0.25, -0.2) is 4.39 Å². The molecule has 2 aromatic rings. The Labute approximate surface area is 145 Å². The van der Waals surface area contributed by atoms with Gasteiger partial charge in [0.15, 0.2) is 0 Å². The summed E-state index contributed by atoms with van der Waals surface area (Å²) >= 11 is 0. The Bertz CT molecular complexity index is 754. The number of hydrogen-bond acceptors (Lipinski definition) is 6. The molecule has 7 heteroatoms. The summed E-state index contributed by atoms with van der Waals surface area (Å²) in [5.74, 6) is -0.408.